The molecule has 0 fully saturated rings. The highest BCUT2D eigenvalue weighted by Gasteiger charge is 1.93. The zero-order chi connectivity index (χ0) is 8.69. The molecule has 0 radical (unpaired) electrons. The van der Waals surface area contributed by atoms with Crippen molar-refractivity contribution in [3.63, 3.8) is 0 Å². The van der Waals surface area contributed by atoms with Gasteiger partial charge in [-0.2, -0.15) is 0 Å². The van der Waals surface area contributed by atoms with Gasteiger partial charge in [-0.25, -0.2) is 0 Å². The minimum atomic E-state index is 0.941. The van der Waals surface area contributed by atoms with Crippen molar-refractivity contribution in [2.75, 3.05) is 0 Å². The highest BCUT2D eigenvalue weighted by atomic mass is 14.0. The van der Waals surface area contributed by atoms with E-state index in [9.17, 15) is 0 Å². The molecule has 0 bridgehead atoms. The van der Waals surface area contributed by atoms with Gasteiger partial charge < -0.3 is 0 Å². The summed E-state index contributed by atoms with van der Waals surface area (Å²) in [6.07, 6.45) is 6.08. The van der Waals surface area contributed by atoms with Crippen molar-refractivity contribution in [3.05, 3.63) is 37.0 Å². The quantitative estimate of drug-likeness (QED) is 0.504. The van der Waals surface area contributed by atoms with Gasteiger partial charge in [-0.15, -0.1) is 6.58 Å². The summed E-state index contributed by atoms with van der Waals surface area (Å²) >= 11 is 0. The van der Waals surface area contributed by atoms with Crippen molar-refractivity contribution in [1.29, 1.82) is 0 Å². The fourth-order valence-electron chi connectivity index (χ4n) is 0.837. The molecule has 0 saturated heterocycles. The van der Waals surface area contributed by atoms with Crippen LogP contribution in [0.3, 0.4) is 0 Å². The van der Waals surface area contributed by atoms with Gasteiger partial charge in [0.2, 0.25) is 0 Å². The van der Waals surface area contributed by atoms with Crippen LogP contribution in [0.2, 0.25) is 0 Å². The predicted molar refractivity (Wildman–Crippen MR) is 52.6 cm³/mol. The van der Waals surface area contributed by atoms with Gasteiger partial charge in [0.05, 0.1) is 0 Å². The molecule has 0 spiro atoms. The lowest BCUT2D eigenvalue weighted by Gasteiger charge is -2.03. The molecule has 0 aliphatic carbocycles. The maximum Gasteiger partial charge on any atom is -0.0144 e. The smallest absolute Gasteiger partial charge is 0.0144 e. The Kier molecular flexibility index (Phi) is 5.54. The van der Waals surface area contributed by atoms with Crippen LogP contribution in [0.4, 0.5) is 0 Å². The molecule has 0 heteroatoms. The minimum absolute atomic E-state index is 0.941. The lowest BCUT2D eigenvalue weighted by atomic mass is 10.0. The zero-order valence-electron chi connectivity index (χ0n) is 7.53. The normalized spacial score (nSPS) is 9.18. The lowest BCUT2D eigenvalue weighted by Crippen LogP contribution is -1.83. The average Bonchev–Trinajstić information content (AvgIpc) is 2.01. The van der Waals surface area contributed by atoms with Crippen molar-refractivity contribution in [3.8, 4) is 0 Å². The van der Waals surface area contributed by atoms with Gasteiger partial charge in [-0.3, -0.25) is 0 Å². The minimum Gasteiger partial charge on any atom is -0.103 e. The Morgan fingerprint density at radius 2 is 1.73 bits per heavy atom. The van der Waals surface area contributed by atoms with E-state index in [0.717, 1.165) is 25.7 Å². The monoisotopic (exact) mass is 150 g/mol. The number of hydrogen-bond donors (Lipinski definition) is 0. The fourth-order valence-corrected chi connectivity index (χ4v) is 0.837. The van der Waals surface area contributed by atoms with E-state index < -0.39 is 0 Å². The summed E-state index contributed by atoms with van der Waals surface area (Å²) in [5, 5.41) is 0. The Hall–Kier alpha value is -0.780. The molecule has 0 unspecified atom stereocenters. The molecule has 0 nitrogen and oxygen atoms in total. The molecule has 0 amide bonds. The van der Waals surface area contributed by atoms with Crippen LogP contribution in [-0.2, 0) is 0 Å². The summed E-state index contributed by atoms with van der Waals surface area (Å²) < 4.78 is 0. The molecule has 62 valence electrons. The second-order valence-corrected chi connectivity index (χ2v) is 2.85. The summed E-state index contributed by atoms with van der Waals surface area (Å²) in [6.45, 7) is 13.7. The first-order valence-electron chi connectivity index (χ1n) is 4.14. The molecule has 0 atom stereocenters. The molecule has 0 heterocycles. The molecule has 0 aromatic rings. The maximum absolute atomic E-state index is 3.94. The van der Waals surface area contributed by atoms with Gasteiger partial charge in [0.15, 0.2) is 0 Å². The van der Waals surface area contributed by atoms with E-state index in [-0.39, 0.29) is 0 Å². The number of rotatable bonds is 6. The van der Waals surface area contributed by atoms with Crippen LogP contribution < -0.4 is 0 Å². The summed E-state index contributed by atoms with van der Waals surface area (Å²) in [6, 6.07) is 0. The van der Waals surface area contributed by atoms with E-state index in [1.165, 1.54) is 11.1 Å². The van der Waals surface area contributed by atoms with Crippen molar-refractivity contribution in [2.45, 2.75) is 32.6 Å². The standard InChI is InChI=1S/C11H18/c1-5-7-11(4)9-8-10(3)6-2/h5H,1,3-4,6-9H2,2H3. The van der Waals surface area contributed by atoms with Gasteiger partial charge in [0.25, 0.3) is 0 Å². The van der Waals surface area contributed by atoms with Crippen molar-refractivity contribution >= 4 is 0 Å². The predicted octanol–water partition coefficient (Wildman–Crippen LogP) is 3.87. The van der Waals surface area contributed by atoms with Gasteiger partial charge in [0, 0.05) is 0 Å². The third-order valence-corrected chi connectivity index (χ3v) is 1.77. The maximum atomic E-state index is 3.94. The van der Waals surface area contributed by atoms with Crippen LogP contribution in [0.25, 0.3) is 0 Å². The van der Waals surface area contributed by atoms with E-state index in [1.807, 2.05) is 6.08 Å². The molecule has 0 N–H and O–H groups in total. The summed E-state index contributed by atoms with van der Waals surface area (Å²) in [7, 11) is 0. The Morgan fingerprint density at radius 1 is 1.18 bits per heavy atom. The zero-order valence-corrected chi connectivity index (χ0v) is 7.53. The van der Waals surface area contributed by atoms with Gasteiger partial charge in [0.1, 0.15) is 0 Å². The summed E-state index contributed by atoms with van der Waals surface area (Å²) in [5.74, 6) is 0. The highest BCUT2D eigenvalue weighted by Crippen LogP contribution is 2.13. The molecule has 0 rings (SSSR count). The van der Waals surface area contributed by atoms with Crippen molar-refractivity contribution < 1.29 is 0 Å². The average molecular weight is 150 g/mol. The first-order chi connectivity index (χ1) is 5.20. The van der Waals surface area contributed by atoms with Crippen LogP contribution in [0, 0.1) is 0 Å². The SMILES string of the molecule is C=CCC(=C)CCC(=C)CC. The van der Waals surface area contributed by atoms with Crippen molar-refractivity contribution in [2.24, 2.45) is 0 Å². The van der Waals surface area contributed by atoms with Crippen LogP contribution in [0.1, 0.15) is 32.6 Å². The van der Waals surface area contributed by atoms with Gasteiger partial charge in [-0.1, -0.05) is 37.3 Å². The van der Waals surface area contributed by atoms with E-state index in [2.05, 4.69) is 26.7 Å². The van der Waals surface area contributed by atoms with E-state index in [0.29, 0.717) is 0 Å². The molecule has 0 aliphatic rings. The number of hydrogen-bond acceptors (Lipinski definition) is 0. The molecule has 0 saturated carbocycles. The second-order valence-electron chi connectivity index (χ2n) is 2.85. The first-order valence-corrected chi connectivity index (χ1v) is 4.14. The van der Waals surface area contributed by atoms with E-state index in [4.69, 9.17) is 0 Å². The van der Waals surface area contributed by atoms with Gasteiger partial charge >= 0.3 is 0 Å². The second kappa shape index (κ2) is 5.96. The third-order valence-electron chi connectivity index (χ3n) is 1.77. The summed E-state index contributed by atoms with van der Waals surface area (Å²) in [5.41, 5.74) is 2.57. The molecular formula is C11H18. The molecule has 0 aromatic heterocycles. The van der Waals surface area contributed by atoms with Gasteiger partial charge in [-0.05, 0) is 25.7 Å². The molecular weight excluding hydrogens is 132 g/mol. The Bertz CT molecular complexity index is 151. The lowest BCUT2D eigenvalue weighted by molar-refractivity contribution is 0.865. The van der Waals surface area contributed by atoms with Crippen LogP contribution in [-0.4, -0.2) is 0 Å². The number of allylic oxidation sites excluding steroid dienone is 3. The van der Waals surface area contributed by atoms with E-state index in [1.54, 1.807) is 0 Å². The topological polar surface area (TPSA) is 0 Å². The summed E-state index contributed by atoms with van der Waals surface area (Å²) in [4.78, 5) is 0. The highest BCUT2D eigenvalue weighted by molar-refractivity contribution is 5.04. The Labute approximate surface area is 70.3 Å². The Balaban J connectivity index is 3.45. The molecule has 11 heavy (non-hydrogen) atoms. The largest absolute Gasteiger partial charge is 0.103 e. The van der Waals surface area contributed by atoms with Crippen LogP contribution >= 0.6 is 0 Å². The fraction of sp³-hybridized carbons (Fsp3) is 0.455. The van der Waals surface area contributed by atoms with E-state index >= 15 is 0 Å². The molecule has 0 aromatic carbocycles. The van der Waals surface area contributed by atoms with Crippen LogP contribution in [0.5, 0.6) is 0 Å². The third kappa shape index (κ3) is 5.65. The first kappa shape index (κ1) is 10.2. The Morgan fingerprint density at radius 3 is 2.18 bits per heavy atom. The molecule has 0 aliphatic heterocycles. The van der Waals surface area contributed by atoms with Crippen LogP contribution in [0.15, 0.2) is 37.0 Å². The van der Waals surface area contributed by atoms with Crippen molar-refractivity contribution in [1.82, 2.24) is 0 Å².